The Morgan fingerprint density at radius 3 is 2.33 bits per heavy atom. The topological polar surface area (TPSA) is 100 Å². The Bertz CT molecular complexity index is 1640. The first-order chi connectivity index (χ1) is 23.4. The second kappa shape index (κ2) is 15.4. The lowest BCUT2D eigenvalue weighted by molar-refractivity contribution is 0.0941. The van der Waals surface area contributed by atoms with E-state index in [1.165, 1.54) is 43.2 Å². The van der Waals surface area contributed by atoms with Gasteiger partial charge in [-0.25, -0.2) is 19.4 Å². The van der Waals surface area contributed by atoms with E-state index in [0.717, 1.165) is 67.6 Å². The van der Waals surface area contributed by atoms with Crippen LogP contribution in [0.3, 0.4) is 0 Å². The van der Waals surface area contributed by atoms with Gasteiger partial charge in [0.2, 0.25) is 0 Å². The lowest BCUT2D eigenvalue weighted by Crippen LogP contribution is -2.45. The second-order valence-electron chi connectivity index (χ2n) is 13.9. The number of unbranched alkanes of at least 4 members (excludes halogenated alkanes) is 1. The fourth-order valence-corrected chi connectivity index (χ4v) is 9.05. The fraction of sp³-hybridized carbons (Fsp3) is 0.632. The number of anilines is 1. The van der Waals surface area contributed by atoms with E-state index in [2.05, 4.69) is 29.9 Å². The molecule has 0 aromatic carbocycles. The molecule has 0 bridgehead atoms. The Morgan fingerprint density at radius 2 is 1.75 bits per heavy atom. The van der Waals surface area contributed by atoms with Crippen LogP contribution >= 0.6 is 11.3 Å². The molecule has 8 nitrogen and oxygen atoms in total. The van der Waals surface area contributed by atoms with E-state index in [9.17, 15) is 10.1 Å². The van der Waals surface area contributed by atoms with Crippen molar-refractivity contribution in [3.63, 3.8) is 0 Å². The van der Waals surface area contributed by atoms with E-state index in [4.69, 9.17) is 15.0 Å². The average Bonchev–Trinajstić information content (AvgIpc) is 3.74. The summed E-state index contributed by atoms with van der Waals surface area (Å²) in [5.41, 5.74) is 3.29. The Morgan fingerprint density at radius 1 is 1.06 bits per heavy atom. The Hall–Kier alpha value is -3.45. The lowest BCUT2D eigenvalue weighted by atomic mass is 9.89. The summed E-state index contributed by atoms with van der Waals surface area (Å²) in [5, 5.41) is 16.4. The third-order valence-electron chi connectivity index (χ3n) is 10.8. The molecule has 256 valence electrons. The van der Waals surface area contributed by atoms with Crippen molar-refractivity contribution < 1.29 is 9.18 Å². The highest BCUT2D eigenvalue weighted by Crippen LogP contribution is 2.45. The van der Waals surface area contributed by atoms with Crippen LogP contribution in [0.15, 0.2) is 33.9 Å². The van der Waals surface area contributed by atoms with Crippen LogP contribution in [0.4, 0.5) is 14.5 Å². The van der Waals surface area contributed by atoms with E-state index in [-0.39, 0.29) is 17.9 Å². The number of alkyl halides is 1. The van der Waals surface area contributed by atoms with Crippen molar-refractivity contribution in [2.24, 2.45) is 4.99 Å². The van der Waals surface area contributed by atoms with Crippen LogP contribution in [0.2, 0.25) is 0 Å². The molecule has 0 N–H and O–H groups in total. The number of rotatable bonds is 11. The molecule has 2 aromatic heterocycles. The minimum atomic E-state index is -1.06. The third kappa shape index (κ3) is 6.85. The number of aliphatic imine (C=N–C) groups is 1. The zero-order valence-corrected chi connectivity index (χ0v) is 29.9. The fourth-order valence-electron chi connectivity index (χ4n) is 7.93. The monoisotopic (exact) mass is 671 g/mol. The SMILES string of the molecule is CCCCC(CC)c1nc2n(n1)C(=O)C(C#N)=C(C)C2=Nc1sc(N(C2CCCCC2)C2CCCCC2)nc1C1=CC=C(CC)C(F)C1. The highest BCUT2D eigenvalue weighted by atomic mass is 32.1. The van der Waals surface area contributed by atoms with Gasteiger partial charge < -0.3 is 4.90 Å². The average molecular weight is 672 g/mol. The third-order valence-corrected chi connectivity index (χ3v) is 11.8. The van der Waals surface area contributed by atoms with Gasteiger partial charge in [0.1, 0.15) is 34.2 Å². The van der Waals surface area contributed by atoms with Gasteiger partial charge in [0.25, 0.3) is 5.91 Å². The highest BCUT2D eigenvalue weighted by Gasteiger charge is 2.36. The van der Waals surface area contributed by atoms with Crippen molar-refractivity contribution in [2.45, 2.75) is 155 Å². The maximum absolute atomic E-state index is 15.4. The Kier molecular flexibility index (Phi) is 11.0. The number of hydrogen-bond donors (Lipinski definition) is 0. The number of thiazole rings is 1. The molecule has 0 radical (unpaired) electrons. The van der Waals surface area contributed by atoms with Crippen LogP contribution in [0.5, 0.6) is 0 Å². The lowest BCUT2D eigenvalue weighted by Gasteiger charge is -2.41. The molecular formula is C38H50FN7OS. The van der Waals surface area contributed by atoms with E-state index in [0.29, 0.717) is 52.1 Å². The van der Waals surface area contributed by atoms with Gasteiger partial charge in [0, 0.05) is 30.0 Å². The van der Waals surface area contributed by atoms with E-state index < -0.39 is 12.1 Å². The van der Waals surface area contributed by atoms with Gasteiger partial charge in [-0.15, -0.1) is 5.10 Å². The normalized spacial score (nSPS) is 22.4. The molecule has 4 aliphatic rings. The van der Waals surface area contributed by atoms with Crippen LogP contribution in [-0.4, -0.2) is 49.6 Å². The number of fused-ring (bicyclic) bond motifs is 1. The number of aromatic nitrogens is 4. The van der Waals surface area contributed by atoms with Crippen molar-refractivity contribution in [3.8, 4) is 6.07 Å². The summed E-state index contributed by atoms with van der Waals surface area (Å²) in [7, 11) is 0. The second-order valence-corrected chi connectivity index (χ2v) is 14.9. The minimum absolute atomic E-state index is 0.0212. The standard InChI is InChI=1S/C38H50FN7OS/c1-5-8-15-26(7-3)34-43-35-32(24(4)30(23-40)37(47)46(35)44-34)41-36-33(27-21-20-25(6-2)31(39)22-27)42-38(48-36)45(28-16-11-9-12-17-28)29-18-13-10-14-19-29/h20-21,26,28-29,31H,5-19,22H2,1-4H3. The molecule has 2 atom stereocenters. The molecule has 10 heteroatoms. The van der Waals surface area contributed by atoms with Crippen LogP contribution in [0, 0.1) is 11.3 Å². The molecule has 6 rings (SSSR count). The Balaban J connectivity index is 1.51. The first kappa shape index (κ1) is 34.4. The minimum Gasteiger partial charge on any atom is -0.342 e. The summed E-state index contributed by atoms with van der Waals surface area (Å²) < 4.78 is 16.7. The molecular weight excluding hydrogens is 622 g/mol. The van der Waals surface area contributed by atoms with Crippen LogP contribution < -0.4 is 4.90 Å². The molecule has 48 heavy (non-hydrogen) atoms. The van der Waals surface area contributed by atoms with Gasteiger partial charge in [-0.1, -0.05) is 95.6 Å². The van der Waals surface area contributed by atoms with Gasteiger partial charge in [-0.05, 0) is 63.0 Å². The summed E-state index contributed by atoms with van der Waals surface area (Å²) in [4.78, 5) is 31.6. The molecule has 1 aliphatic heterocycles. The number of nitrogens with zero attached hydrogens (tertiary/aromatic N) is 7. The molecule has 2 fully saturated rings. The molecule has 2 saturated carbocycles. The maximum Gasteiger partial charge on any atom is 0.291 e. The number of hydrogen-bond acceptors (Lipinski definition) is 8. The number of carbonyl (C=O) groups excluding carboxylic acids is 1. The first-order valence-corrected chi connectivity index (χ1v) is 19.2. The van der Waals surface area contributed by atoms with Gasteiger partial charge in [0.15, 0.2) is 16.8 Å². The largest absolute Gasteiger partial charge is 0.342 e. The summed E-state index contributed by atoms with van der Waals surface area (Å²) >= 11 is 1.56. The predicted molar refractivity (Wildman–Crippen MR) is 192 cm³/mol. The summed E-state index contributed by atoms with van der Waals surface area (Å²) in [6, 6.07) is 2.99. The van der Waals surface area contributed by atoms with Crippen LogP contribution in [0.25, 0.3) is 5.57 Å². The Labute approximate surface area is 289 Å². The number of halogens is 1. The van der Waals surface area contributed by atoms with Gasteiger partial charge >= 0.3 is 0 Å². The molecule has 0 saturated heterocycles. The first-order valence-electron chi connectivity index (χ1n) is 18.4. The number of carbonyl (C=O) groups is 1. The van der Waals surface area contributed by atoms with E-state index in [1.54, 1.807) is 18.3 Å². The van der Waals surface area contributed by atoms with E-state index in [1.807, 2.05) is 19.1 Å². The summed E-state index contributed by atoms with van der Waals surface area (Å²) in [6.45, 7) is 8.04. The van der Waals surface area contributed by atoms with Gasteiger partial charge in [-0.2, -0.15) is 9.94 Å². The quantitative estimate of drug-likeness (QED) is 0.236. The molecule has 0 amide bonds. The number of allylic oxidation sites excluding steroid dienone is 6. The van der Waals surface area contributed by atoms with Gasteiger partial charge in [-0.3, -0.25) is 4.79 Å². The van der Waals surface area contributed by atoms with Crippen molar-refractivity contribution in [3.05, 3.63) is 46.2 Å². The molecule has 3 aliphatic carbocycles. The summed E-state index contributed by atoms with van der Waals surface area (Å²) in [5.74, 6) is 0.633. The predicted octanol–water partition coefficient (Wildman–Crippen LogP) is 9.97. The zero-order chi connectivity index (χ0) is 33.8. The molecule has 2 aromatic rings. The van der Waals surface area contributed by atoms with Crippen molar-refractivity contribution >= 4 is 38.7 Å². The smallest absolute Gasteiger partial charge is 0.291 e. The zero-order valence-electron chi connectivity index (χ0n) is 29.1. The highest BCUT2D eigenvalue weighted by molar-refractivity contribution is 7.19. The van der Waals surface area contributed by atoms with Crippen molar-refractivity contribution in [1.29, 1.82) is 5.26 Å². The van der Waals surface area contributed by atoms with Crippen molar-refractivity contribution in [2.75, 3.05) is 4.90 Å². The molecule has 2 unspecified atom stereocenters. The van der Waals surface area contributed by atoms with Crippen LogP contribution in [0.1, 0.15) is 158 Å². The summed E-state index contributed by atoms with van der Waals surface area (Å²) in [6.07, 6.45) is 19.8. The number of nitriles is 1. The van der Waals surface area contributed by atoms with Gasteiger partial charge in [0.05, 0.1) is 0 Å². The molecule has 0 spiro atoms. The van der Waals surface area contributed by atoms with Crippen LogP contribution in [-0.2, 0) is 0 Å². The maximum atomic E-state index is 15.4. The molecule has 3 heterocycles. The van der Waals surface area contributed by atoms with Crippen molar-refractivity contribution in [1.82, 2.24) is 19.7 Å². The van der Waals surface area contributed by atoms with E-state index >= 15 is 4.39 Å².